The van der Waals surface area contributed by atoms with Gasteiger partial charge in [0.25, 0.3) is 0 Å². The van der Waals surface area contributed by atoms with Gasteiger partial charge in [0.1, 0.15) is 13.2 Å². The number of carbonyl (C=O) groups excluding carboxylic acids is 3. The van der Waals surface area contributed by atoms with Gasteiger partial charge < -0.3 is 14.2 Å². The highest BCUT2D eigenvalue weighted by Crippen LogP contribution is 2.18. The lowest BCUT2D eigenvalue weighted by atomic mass is 10.0. The number of allylic oxidation sites excluding steroid dienone is 8. The molecule has 0 radical (unpaired) electrons. The van der Waals surface area contributed by atoms with Crippen molar-refractivity contribution in [2.24, 2.45) is 0 Å². The summed E-state index contributed by atoms with van der Waals surface area (Å²) in [4.78, 5) is 38.4. The quantitative estimate of drug-likeness (QED) is 0.0261. The topological polar surface area (TPSA) is 78.9 Å². The number of carbonyl (C=O) groups is 3. The minimum Gasteiger partial charge on any atom is -0.462 e. The van der Waals surface area contributed by atoms with Crippen molar-refractivity contribution in [1.29, 1.82) is 0 Å². The largest absolute Gasteiger partial charge is 0.462 e. The fourth-order valence-electron chi connectivity index (χ4n) is 10.3. The zero-order valence-corrected chi connectivity index (χ0v) is 51.7. The maximum Gasteiger partial charge on any atom is 0.306 e. The van der Waals surface area contributed by atoms with E-state index in [4.69, 9.17) is 14.2 Å². The van der Waals surface area contributed by atoms with E-state index >= 15 is 0 Å². The number of ether oxygens (including phenoxy) is 3. The van der Waals surface area contributed by atoms with E-state index in [1.807, 2.05) is 0 Å². The van der Waals surface area contributed by atoms with Crippen LogP contribution in [0.4, 0.5) is 0 Å². The number of rotatable bonds is 63. The van der Waals surface area contributed by atoms with Crippen LogP contribution in [0, 0.1) is 0 Å². The maximum atomic E-state index is 12.9. The summed E-state index contributed by atoms with van der Waals surface area (Å²) in [5, 5.41) is 0. The number of esters is 3. The molecule has 0 fully saturated rings. The molecule has 0 spiro atoms. The Kier molecular flexibility index (Phi) is 63.6. The molecule has 0 bridgehead atoms. The first-order valence-electron chi connectivity index (χ1n) is 34.1. The van der Waals surface area contributed by atoms with Gasteiger partial charge in [-0.15, -0.1) is 0 Å². The molecule has 0 aromatic carbocycles. The summed E-state index contributed by atoms with van der Waals surface area (Å²) in [6, 6.07) is 0. The summed E-state index contributed by atoms with van der Waals surface area (Å²) >= 11 is 0. The van der Waals surface area contributed by atoms with Crippen molar-refractivity contribution < 1.29 is 28.6 Å². The number of unbranched alkanes of at least 4 members (excludes halogenated alkanes) is 44. The van der Waals surface area contributed by atoms with Crippen LogP contribution in [0.25, 0.3) is 0 Å². The van der Waals surface area contributed by atoms with E-state index in [0.29, 0.717) is 19.3 Å². The van der Waals surface area contributed by atoms with Gasteiger partial charge in [-0.25, -0.2) is 0 Å². The van der Waals surface area contributed by atoms with E-state index in [1.54, 1.807) is 0 Å². The SMILES string of the molecule is CC/C=C\C/C=C\C/C=C\C/C=C\CCCCC(=O)OCC(COC(=O)CCCCCCCCCCCCCCCCCCCCCCCCC)OC(=O)CCCCCCCCCCCCCCCCCCCCCCC. The standard InChI is InChI=1S/C71H130O6/c1-4-7-10-13-16-19-22-25-28-30-32-34-35-37-38-40-43-46-49-52-55-58-61-64-70(73)76-67-68(66-75-69(72)63-60-57-54-51-48-45-42-27-24-21-18-15-12-9-6-3)77-71(74)65-62-59-56-53-50-47-44-41-39-36-33-31-29-26-23-20-17-14-11-8-5-2/h9,12,18,21,27,42,48,51,68H,4-8,10-11,13-17,19-20,22-26,28-41,43-47,49-50,52-67H2,1-3H3/b12-9-,21-18-,42-27-,51-48-. The summed E-state index contributed by atoms with van der Waals surface area (Å²) in [5.74, 6) is -0.898. The molecule has 0 heterocycles. The number of hydrogen-bond acceptors (Lipinski definition) is 6. The van der Waals surface area contributed by atoms with Crippen molar-refractivity contribution >= 4 is 17.9 Å². The van der Waals surface area contributed by atoms with E-state index in [2.05, 4.69) is 69.4 Å². The Morgan fingerprint density at radius 3 is 0.792 bits per heavy atom. The first kappa shape index (κ1) is 74.4. The van der Waals surface area contributed by atoms with Gasteiger partial charge in [-0.2, -0.15) is 0 Å². The monoisotopic (exact) mass is 1080 g/mol. The van der Waals surface area contributed by atoms with Crippen LogP contribution in [0.1, 0.15) is 367 Å². The Labute approximate surface area is 479 Å². The van der Waals surface area contributed by atoms with Gasteiger partial charge in [0, 0.05) is 19.3 Å². The second-order valence-electron chi connectivity index (χ2n) is 23.1. The van der Waals surface area contributed by atoms with Crippen molar-refractivity contribution in [2.75, 3.05) is 13.2 Å². The highest BCUT2D eigenvalue weighted by atomic mass is 16.6. The molecule has 1 atom stereocenters. The van der Waals surface area contributed by atoms with E-state index in [-0.39, 0.29) is 31.1 Å². The summed E-state index contributed by atoms with van der Waals surface area (Å²) < 4.78 is 16.9. The normalized spacial score (nSPS) is 12.3. The molecule has 1 unspecified atom stereocenters. The maximum absolute atomic E-state index is 12.9. The third kappa shape index (κ3) is 64.1. The van der Waals surface area contributed by atoms with Crippen LogP contribution < -0.4 is 0 Å². The van der Waals surface area contributed by atoms with Crippen LogP contribution in [-0.2, 0) is 28.6 Å². The Balaban J connectivity index is 4.30. The van der Waals surface area contributed by atoms with Gasteiger partial charge in [-0.1, -0.05) is 339 Å². The Morgan fingerprint density at radius 2 is 0.506 bits per heavy atom. The molecule has 0 amide bonds. The van der Waals surface area contributed by atoms with Gasteiger partial charge in [0.15, 0.2) is 6.10 Å². The second-order valence-corrected chi connectivity index (χ2v) is 23.1. The Hall–Kier alpha value is -2.63. The lowest BCUT2D eigenvalue weighted by Gasteiger charge is -2.18. The lowest BCUT2D eigenvalue weighted by molar-refractivity contribution is -0.167. The lowest BCUT2D eigenvalue weighted by Crippen LogP contribution is -2.30. The summed E-state index contributed by atoms with van der Waals surface area (Å²) in [6.07, 6.45) is 82.8. The Bertz CT molecular complexity index is 1330. The smallest absolute Gasteiger partial charge is 0.306 e. The van der Waals surface area contributed by atoms with Crippen LogP contribution in [-0.4, -0.2) is 37.2 Å². The van der Waals surface area contributed by atoms with Crippen molar-refractivity contribution in [3.8, 4) is 0 Å². The van der Waals surface area contributed by atoms with E-state index in [9.17, 15) is 14.4 Å². The average Bonchev–Trinajstić information content (AvgIpc) is 3.43. The second kappa shape index (κ2) is 65.9. The molecule has 0 aliphatic heterocycles. The molecule has 0 saturated carbocycles. The molecule has 0 aliphatic carbocycles. The highest BCUT2D eigenvalue weighted by Gasteiger charge is 2.19. The molecular formula is C71H130O6. The van der Waals surface area contributed by atoms with Gasteiger partial charge in [-0.3, -0.25) is 14.4 Å². The minimum atomic E-state index is -0.788. The molecule has 0 rings (SSSR count). The van der Waals surface area contributed by atoms with Crippen molar-refractivity contribution in [1.82, 2.24) is 0 Å². The van der Waals surface area contributed by atoms with Crippen molar-refractivity contribution in [2.45, 2.75) is 374 Å². The Morgan fingerprint density at radius 1 is 0.273 bits per heavy atom. The molecule has 0 aromatic heterocycles. The van der Waals surface area contributed by atoms with Gasteiger partial charge >= 0.3 is 17.9 Å². The average molecular weight is 1080 g/mol. The fraction of sp³-hybridized carbons (Fsp3) is 0.845. The highest BCUT2D eigenvalue weighted by molar-refractivity contribution is 5.71. The zero-order chi connectivity index (χ0) is 55.7. The van der Waals surface area contributed by atoms with Crippen molar-refractivity contribution in [3.05, 3.63) is 48.6 Å². The van der Waals surface area contributed by atoms with Crippen LogP contribution in [0.3, 0.4) is 0 Å². The van der Waals surface area contributed by atoms with E-state index in [0.717, 1.165) is 83.5 Å². The molecule has 77 heavy (non-hydrogen) atoms. The molecular weight excluding hydrogens is 949 g/mol. The number of hydrogen-bond donors (Lipinski definition) is 0. The van der Waals surface area contributed by atoms with E-state index < -0.39 is 6.10 Å². The third-order valence-electron chi connectivity index (χ3n) is 15.3. The van der Waals surface area contributed by atoms with Gasteiger partial charge in [-0.05, 0) is 57.8 Å². The van der Waals surface area contributed by atoms with Crippen molar-refractivity contribution in [3.63, 3.8) is 0 Å². The summed E-state index contributed by atoms with van der Waals surface area (Å²) in [5.41, 5.74) is 0. The van der Waals surface area contributed by atoms with Crippen LogP contribution in [0.15, 0.2) is 48.6 Å². The molecule has 450 valence electrons. The summed E-state index contributed by atoms with van der Waals surface area (Å²) in [6.45, 7) is 6.56. The van der Waals surface area contributed by atoms with E-state index in [1.165, 1.54) is 244 Å². The first-order valence-corrected chi connectivity index (χ1v) is 34.1. The summed E-state index contributed by atoms with van der Waals surface area (Å²) in [7, 11) is 0. The molecule has 0 aliphatic rings. The molecule has 6 nitrogen and oxygen atoms in total. The minimum absolute atomic E-state index is 0.0810. The van der Waals surface area contributed by atoms with Gasteiger partial charge in [0.05, 0.1) is 0 Å². The van der Waals surface area contributed by atoms with Crippen LogP contribution >= 0.6 is 0 Å². The molecule has 0 N–H and O–H groups in total. The fourth-order valence-corrected chi connectivity index (χ4v) is 10.3. The first-order chi connectivity index (χ1) is 38.0. The zero-order valence-electron chi connectivity index (χ0n) is 51.7. The predicted molar refractivity (Wildman–Crippen MR) is 335 cm³/mol. The van der Waals surface area contributed by atoms with Crippen LogP contribution in [0.2, 0.25) is 0 Å². The molecule has 0 saturated heterocycles. The van der Waals surface area contributed by atoms with Crippen LogP contribution in [0.5, 0.6) is 0 Å². The molecule has 0 aromatic rings. The molecule has 6 heteroatoms. The van der Waals surface area contributed by atoms with Gasteiger partial charge in [0.2, 0.25) is 0 Å². The third-order valence-corrected chi connectivity index (χ3v) is 15.3. The predicted octanol–water partition coefficient (Wildman–Crippen LogP) is 23.3.